The van der Waals surface area contributed by atoms with Gasteiger partial charge in [0.15, 0.2) is 0 Å². The minimum Gasteiger partial charge on any atom is -0.486 e. The minimum absolute atomic E-state index is 0.149. The van der Waals surface area contributed by atoms with Gasteiger partial charge in [0.25, 0.3) is 5.91 Å². The molecule has 0 atom stereocenters. The average Bonchev–Trinajstić information content (AvgIpc) is 2.69. The molecular weight excluding hydrogens is 325 g/mol. The van der Waals surface area contributed by atoms with Crippen LogP contribution >= 0.6 is 23.2 Å². The van der Waals surface area contributed by atoms with Crippen LogP contribution in [0.25, 0.3) is 0 Å². The minimum atomic E-state index is -0.161. The molecule has 7 heteroatoms. The molecule has 1 amide bonds. The highest BCUT2D eigenvalue weighted by atomic mass is 35.5. The van der Waals surface area contributed by atoms with Gasteiger partial charge in [-0.3, -0.25) is 4.79 Å². The normalized spacial score (nSPS) is 16.3. The molecule has 0 N–H and O–H groups in total. The zero-order valence-electron chi connectivity index (χ0n) is 12.9. The molecule has 22 heavy (non-hydrogen) atoms. The largest absolute Gasteiger partial charge is 0.486 e. The number of benzene rings is 1. The van der Waals surface area contributed by atoms with Gasteiger partial charge < -0.3 is 9.64 Å². The first-order valence-corrected chi connectivity index (χ1v) is 7.37. The predicted molar refractivity (Wildman–Crippen MR) is 88.7 cm³/mol. The standard InChI is InChI=1S/C15H17Cl2N3O2/c1-9-5-14(12(17)6-11(9)16)22-8-13-10(7-19(2)3)15(21)20(4)18-13/h5-7H,8H2,1-4H3/b10-7+. The Morgan fingerprint density at radius 1 is 1.32 bits per heavy atom. The van der Waals surface area contributed by atoms with Crippen LogP contribution in [0.1, 0.15) is 5.56 Å². The van der Waals surface area contributed by atoms with E-state index in [1.165, 1.54) is 5.01 Å². The zero-order chi connectivity index (χ0) is 16.4. The number of likely N-dealkylation sites (N-methyl/N-ethyl adjacent to an activating group) is 1. The maximum atomic E-state index is 12.0. The fourth-order valence-electron chi connectivity index (χ4n) is 1.96. The lowest BCUT2D eigenvalue weighted by Crippen LogP contribution is -2.20. The Labute approximate surface area is 139 Å². The number of amides is 1. The Morgan fingerprint density at radius 3 is 2.64 bits per heavy atom. The molecule has 118 valence electrons. The van der Waals surface area contributed by atoms with Gasteiger partial charge in [-0.1, -0.05) is 23.2 Å². The molecule has 0 aliphatic carbocycles. The Balaban J connectivity index is 2.19. The maximum Gasteiger partial charge on any atom is 0.277 e. The van der Waals surface area contributed by atoms with Crippen molar-refractivity contribution in [3.05, 3.63) is 39.5 Å². The van der Waals surface area contributed by atoms with E-state index in [9.17, 15) is 4.79 Å². The molecular formula is C15H17Cl2N3O2. The third-order valence-corrected chi connectivity index (χ3v) is 3.77. The summed E-state index contributed by atoms with van der Waals surface area (Å²) in [4.78, 5) is 13.8. The number of carbonyl (C=O) groups is 1. The van der Waals surface area contributed by atoms with Gasteiger partial charge in [-0.15, -0.1) is 0 Å². The molecule has 0 fully saturated rings. The lowest BCUT2D eigenvalue weighted by atomic mass is 10.2. The monoisotopic (exact) mass is 341 g/mol. The van der Waals surface area contributed by atoms with E-state index in [-0.39, 0.29) is 12.5 Å². The van der Waals surface area contributed by atoms with Crippen molar-refractivity contribution < 1.29 is 9.53 Å². The summed E-state index contributed by atoms with van der Waals surface area (Å²) >= 11 is 12.1. The van der Waals surface area contributed by atoms with Gasteiger partial charge in [-0.05, 0) is 24.6 Å². The predicted octanol–water partition coefficient (Wildman–Crippen LogP) is 2.95. The Bertz CT molecular complexity index is 669. The van der Waals surface area contributed by atoms with Crippen LogP contribution in [0.15, 0.2) is 29.0 Å². The van der Waals surface area contributed by atoms with Crippen molar-refractivity contribution >= 4 is 34.8 Å². The van der Waals surface area contributed by atoms with Crippen molar-refractivity contribution in [2.45, 2.75) is 6.92 Å². The van der Waals surface area contributed by atoms with E-state index in [0.29, 0.717) is 27.1 Å². The smallest absolute Gasteiger partial charge is 0.277 e. The Kier molecular flexibility index (Phi) is 4.98. The number of rotatable bonds is 4. The third kappa shape index (κ3) is 3.54. The summed E-state index contributed by atoms with van der Waals surface area (Å²) < 4.78 is 5.71. The van der Waals surface area contributed by atoms with Gasteiger partial charge >= 0.3 is 0 Å². The fraction of sp³-hybridized carbons (Fsp3) is 0.333. The van der Waals surface area contributed by atoms with E-state index in [4.69, 9.17) is 27.9 Å². The highest BCUT2D eigenvalue weighted by Gasteiger charge is 2.28. The molecule has 1 aromatic carbocycles. The van der Waals surface area contributed by atoms with Gasteiger partial charge in [0.05, 0.1) is 10.6 Å². The SMILES string of the molecule is Cc1cc(OCC2=NN(C)C(=O)/C2=C/N(C)C)c(Cl)cc1Cl. The summed E-state index contributed by atoms with van der Waals surface area (Å²) in [6.45, 7) is 2.02. The molecule has 0 saturated heterocycles. The Hall–Kier alpha value is -1.72. The number of ether oxygens (including phenoxy) is 1. The molecule has 5 nitrogen and oxygen atoms in total. The van der Waals surface area contributed by atoms with Crippen LogP contribution in [0, 0.1) is 6.92 Å². The van der Waals surface area contributed by atoms with Gasteiger partial charge in [-0.25, -0.2) is 5.01 Å². The van der Waals surface area contributed by atoms with Gasteiger partial charge in [0.1, 0.15) is 18.1 Å². The third-order valence-electron chi connectivity index (χ3n) is 3.07. The highest BCUT2D eigenvalue weighted by Crippen LogP contribution is 2.31. The maximum absolute atomic E-state index is 12.0. The fourth-order valence-corrected chi connectivity index (χ4v) is 2.40. The molecule has 1 aliphatic heterocycles. The first-order valence-electron chi connectivity index (χ1n) is 6.62. The molecule has 1 aliphatic rings. The topological polar surface area (TPSA) is 45.1 Å². The molecule has 1 heterocycles. The van der Waals surface area contributed by atoms with Gasteiger partial charge in [0.2, 0.25) is 0 Å². The summed E-state index contributed by atoms with van der Waals surface area (Å²) in [6, 6.07) is 3.40. The van der Waals surface area contributed by atoms with Crippen LogP contribution in [0.3, 0.4) is 0 Å². The van der Waals surface area contributed by atoms with Crippen molar-refractivity contribution in [3.8, 4) is 5.75 Å². The number of halogens is 2. The van der Waals surface area contributed by atoms with Crippen LogP contribution in [0.2, 0.25) is 10.0 Å². The van der Waals surface area contributed by atoms with E-state index >= 15 is 0 Å². The number of hydrazone groups is 1. The van der Waals surface area contributed by atoms with Crippen LogP contribution in [-0.2, 0) is 4.79 Å². The van der Waals surface area contributed by atoms with Crippen LogP contribution in [0.5, 0.6) is 5.75 Å². The second-order valence-electron chi connectivity index (χ2n) is 5.20. The van der Waals surface area contributed by atoms with Crippen LogP contribution in [-0.4, -0.2) is 49.3 Å². The molecule has 0 unspecified atom stereocenters. The lowest BCUT2D eigenvalue weighted by molar-refractivity contribution is -0.124. The molecule has 2 rings (SSSR count). The molecule has 0 radical (unpaired) electrons. The quantitative estimate of drug-likeness (QED) is 0.791. The first-order chi connectivity index (χ1) is 10.3. The molecule has 0 saturated carbocycles. The van der Waals surface area contributed by atoms with Gasteiger partial charge in [-0.2, -0.15) is 5.10 Å². The zero-order valence-corrected chi connectivity index (χ0v) is 14.4. The average molecular weight is 342 g/mol. The van der Waals surface area contributed by atoms with Crippen molar-refractivity contribution in [3.63, 3.8) is 0 Å². The lowest BCUT2D eigenvalue weighted by Gasteiger charge is -2.11. The van der Waals surface area contributed by atoms with Crippen molar-refractivity contribution in [2.75, 3.05) is 27.7 Å². The second-order valence-corrected chi connectivity index (χ2v) is 6.02. The molecule has 0 aromatic heterocycles. The summed E-state index contributed by atoms with van der Waals surface area (Å²) in [5, 5.41) is 6.50. The van der Waals surface area contributed by atoms with E-state index in [0.717, 1.165) is 5.56 Å². The summed E-state index contributed by atoms with van der Waals surface area (Å²) in [5.41, 5.74) is 1.94. The number of hydrogen-bond acceptors (Lipinski definition) is 4. The molecule has 1 aromatic rings. The number of hydrogen-bond donors (Lipinski definition) is 0. The molecule has 0 bridgehead atoms. The second kappa shape index (κ2) is 6.58. The summed E-state index contributed by atoms with van der Waals surface area (Å²) in [7, 11) is 5.30. The summed E-state index contributed by atoms with van der Waals surface area (Å²) in [6.07, 6.45) is 1.72. The van der Waals surface area contributed by atoms with E-state index in [1.807, 2.05) is 21.0 Å². The van der Waals surface area contributed by atoms with Crippen molar-refractivity contribution in [1.82, 2.24) is 9.91 Å². The van der Waals surface area contributed by atoms with Gasteiger partial charge in [0, 0.05) is 32.4 Å². The Morgan fingerprint density at radius 2 is 2.00 bits per heavy atom. The summed E-state index contributed by atoms with van der Waals surface area (Å²) in [5.74, 6) is 0.350. The van der Waals surface area contributed by atoms with E-state index < -0.39 is 0 Å². The number of carbonyl (C=O) groups excluding carboxylic acids is 1. The van der Waals surface area contributed by atoms with Crippen LogP contribution < -0.4 is 4.74 Å². The van der Waals surface area contributed by atoms with Crippen LogP contribution in [0.4, 0.5) is 0 Å². The van der Waals surface area contributed by atoms with Crippen molar-refractivity contribution in [2.24, 2.45) is 5.10 Å². The van der Waals surface area contributed by atoms with E-state index in [1.54, 1.807) is 30.3 Å². The number of nitrogens with zero attached hydrogens (tertiary/aromatic N) is 3. The van der Waals surface area contributed by atoms with Crippen molar-refractivity contribution in [1.29, 1.82) is 0 Å². The molecule has 0 spiro atoms. The number of aryl methyl sites for hydroxylation is 1. The highest BCUT2D eigenvalue weighted by molar-refractivity contribution is 6.36. The first kappa shape index (κ1) is 16.6. The van der Waals surface area contributed by atoms with E-state index in [2.05, 4.69) is 5.10 Å².